The summed E-state index contributed by atoms with van der Waals surface area (Å²) in [5.41, 5.74) is 1.78. The van der Waals surface area contributed by atoms with Crippen LogP contribution in [0.4, 0.5) is 0 Å². The number of aromatic nitrogens is 5. The zero-order valence-corrected chi connectivity index (χ0v) is 15.5. The van der Waals surface area contributed by atoms with Crippen LogP contribution in [-0.4, -0.2) is 56.7 Å². The number of fused-ring (bicyclic) bond motifs is 1. The van der Waals surface area contributed by atoms with Crippen molar-refractivity contribution in [2.45, 2.75) is 6.92 Å². The lowest BCUT2D eigenvalue weighted by molar-refractivity contribution is 0.254. The fraction of sp³-hybridized carbons (Fsp3) is 0.294. The highest BCUT2D eigenvalue weighted by Crippen LogP contribution is 2.29. The van der Waals surface area contributed by atoms with Crippen LogP contribution in [0.15, 0.2) is 35.2 Å². The molecular formula is C17H18N6O2S. The van der Waals surface area contributed by atoms with Crippen molar-refractivity contribution in [2.24, 2.45) is 0 Å². The van der Waals surface area contributed by atoms with E-state index in [1.54, 1.807) is 6.20 Å². The summed E-state index contributed by atoms with van der Waals surface area (Å²) in [6.07, 6.45) is 5.59. The third-order valence-corrected chi connectivity index (χ3v) is 4.68. The molecule has 4 rings (SSSR count). The monoisotopic (exact) mass is 370 g/mol. The van der Waals surface area contributed by atoms with Gasteiger partial charge in [-0.25, -0.2) is 9.97 Å². The largest absolute Gasteiger partial charge is 0.476 e. The molecule has 0 aliphatic rings. The Labute approximate surface area is 154 Å². The van der Waals surface area contributed by atoms with E-state index < -0.39 is 0 Å². The minimum atomic E-state index is 0.472. The molecule has 0 fully saturated rings. The van der Waals surface area contributed by atoms with Crippen LogP contribution in [0, 0.1) is 6.92 Å². The van der Waals surface area contributed by atoms with Crippen LogP contribution in [0.25, 0.3) is 27.1 Å². The molecule has 134 valence electrons. The Kier molecular flexibility index (Phi) is 4.39. The van der Waals surface area contributed by atoms with Gasteiger partial charge in [-0.1, -0.05) is 16.5 Å². The molecule has 0 bridgehead atoms. The predicted molar refractivity (Wildman–Crippen MR) is 98.4 cm³/mol. The highest BCUT2D eigenvalue weighted by atomic mass is 32.1. The zero-order chi connectivity index (χ0) is 18.1. The molecule has 0 saturated carbocycles. The number of thiazole rings is 1. The number of nitrogens with zero attached hydrogens (tertiary/aromatic N) is 6. The first-order valence-corrected chi connectivity index (χ1v) is 8.93. The first-order chi connectivity index (χ1) is 12.6. The molecule has 0 aromatic carbocycles. The van der Waals surface area contributed by atoms with E-state index in [9.17, 15) is 0 Å². The predicted octanol–water partition coefficient (Wildman–Crippen LogP) is 2.76. The average molecular weight is 370 g/mol. The van der Waals surface area contributed by atoms with E-state index in [1.807, 2.05) is 49.9 Å². The van der Waals surface area contributed by atoms with Crippen LogP contribution >= 0.6 is 11.3 Å². The van der Waals surface area contributed by atoms with E-state index in [4.69, 9.17) is 9.26 Å². The summed E-state index contributed by atoms with van der Waals surface area (Å²) in [6, 6.07) is 3.65. The van der Waals surface area contributed by atoms with Gasteiger partial charge in [0.2, 0.25) is 11.7 Å². The Morgan fingerprint density at radius 2 is 2.15 bits per heavy atom. The zero-order valence-electron chi connectivity index (χ0n) is 14.7. The summed E-state index contributed by atoms with van der Waals surface area (Å²) >= 11 is 1.51. The Bertz CT molecular complexity index is 1000. The molecular weight excluding hydrogens is 352 g/mol. The smallest absolute Gasteiger partial charge is 0.269 e. The van der Waals surface area contributed by atoms with Gasteiger partial charge < -0.3 is 14.2 Å². The molecule has 0 unspecified atom stereocenters. The SMILES string of the molecule is Cc1cn2cc(-c3nc(-c4ccnc(OCCN(C)C)c4)no3)sc2n1. The van der Waals surface area contributed by atoms with Crippen molar-refractivity contribution in [2.75, 3.05) is 27.2 Å². The van der Waals surface area contributed by atoms with Crippen molar-refractivity contribution in [1.29, 1.82) is 0 Å². The molecule has 4 heterocycles. The second-order valence-corrected chi connectivity index (χ2v) is 7.13. The average Bonchev–Trinajstić information content (AvgIpc) is 3.28. The topological polar surface area (TPSA) is 81.6 Å². The molecule has 0 radical (unpaired) electrons. The number of hydrogen-bond donors (Lipinski definition) is 0. The van der Waals surface area contributed by atoms with E-state index in [0.717, 1.165) is 27.6 Å². The number of ether oxygens (including phenoxy) is 1. The van der Waals surface area contributed by atoms with E-state index in [-0.39, 0.29) is 0 Å². The van der Waals surface area contributed by atoms with Crippen molar-refractivity contribution in [3.63, 3.8) is 0 Å². The highest BCUT2D eigenvalue weighted by molar-refractivity contribution is 7.20. The second-order valence-electron chi connectivity index (χ2n) is 6.13. The molecule has 4 aromatic rings. The van der Waals surface area contributed by atoms with Gasteiger partial charge in [0.05, 0.1) is 5.69 Å². The Morgan fingerprint density at radius 3 is 2.96 bits per heavy atom. The lowest BCUT2D eigenvalue weighted by atomic mass is 10.2. The first kappa shape index (κ1) is 16.7. The molecule has 4 aromatic heterocycles. The van der Waals surface area contributed by atoms with Crippen LogP contribution in [0.2, 0.25) is 0 Å². The summed E-state index contributed by atoms with van der Waals surface area (Å²) < 4.78 is 13.1. The minimum Gasteiger partial charge on any atom is -0.476 e. The van der Waals surface area contributed by atoms with E-state index >= 15 is 0 Å². The number of rotatable bonds is 6. The van der Waals surface area contributed by atoms with Gasteiger partial charge in [0.15, 0.2) is 4.96 Å². The maximum atomic E-state index is 5.66. The molecule has 9 heteroatoms. The lowest BCUT2D eigenvalue weighted by Gasteiger charge is -2.10. The van der Waals surface area contributed by atoms with E-state index in [1.165, 1.54) is 11.3 Å². The van der Waals surface area contributed by atoms with Gasteiger partial charge in [0.25, 0.3) is 5.89 Å². The Hall–Kier alpha value is -2.78. The van der Waals surface area contributed by atoms with Crippen LogP contribution in [0.5, 0.6) is 5.88 Å². The summed E-state index contributed by atoms with van der Waals surface area (Å²) in [5, 5.41) is 4.08. The number of hydrogen-bond acceptors (Lipinski definition) is 8. The van der Waals surface area contributed by atoms with Crippen molar-refractivity contribution in [3.05, 3.63) is 36.4 Å². The maximum Gasteiger partial charge on any atom is 0.269 e. The van der Waals surface area contributed by atoms with Crippen LogP contribution in [-0.2, 0) is 0 Å². The fourth-order valence-electron chi connectivity index (χ4n) is 2.41. The first-order valence-electron chi connectivity index (χ1n) is 8.11. The molecule has 0 N–H and O–H groups in total. The van der Waals surface area contributed by atoms with Crippen LogP contribution < -0.4 is 4.74 Å². The van der Waals surface area contributed by atoms with Gasteiger partial charge in [-0.15, -0.1) is 0 Å². The molecule has 8 nitrogen and oxygen atoms in total. The minimum absolute atomic E-state index is 0.472. The summed E-state index contributed by atoms with van der Waals surface area (Å²) in [5.74, 6) is 1.52. The third-order valence-electron chi connectivity index (χ3n) is 3.69. The number of imidazole rings is 1. The van der Waals surface area contributed by atoms with Gasteiger partial charge >= 0.3 is 0 Å². The quantitative estimate of drug-likeness (QED) is 0.516. The maximum absolute atomic E-state index is 5.66. The van der Waals surface area contributed by atoms with Crippen molar-refractivity contribution < 1.29 is 9.26 Å². The molecule has 0 spiro atoms. The Balaban J connectivity index is 1.54. The van der Waals surface area contributed by atoms with E-state index in [2.05, 4.69) is 25.0 Å². The molecule has 0 atom stereocenters. The van der Waals surface area contributed by atoms with Crippen LogP contribution in [0.1, 0.15) is 5.69 Å². The number of pyridine rings is 1. The van der Waals surface area contributed by atoms with Crippen molar-refractivity contribution >= 4 is 16.3 Å². The molecule has 0 aliphatic carbocycles. The normalized spacial score (nSPS) is 11.5. The lowest BCUT2D eigenvalue weighted by Crippen LogP contribution is -2.19. The Morgan fingerprint density at radius 1 is 1.27 bits per heavy atom. The fourth-order valence-corrected chi connectivity index (χ4v) is 3.35. The van der Waals surface area contributed by atoms with Crippen molar-refractivity contribution in [3.8, 4) is 28.0 Å². The summed E-state index contributed by atoms with van der Waals surface area (Å²) in [4.78, 5) is 17.0. The van der Waals surface area contributed by atoms with Gasteiger partial charge in [0, 0.05) is 36.8 Å². The third kappa shape index (κ3) is 3.44. The van der Waals surface area contributed by atoms with Gasteiger partial charge in [-0.2, -0.15) is 4.98 Å². The summed E-state index contributed by atoms with van der Waals surface area (Å²) in [7, 11) is 3.99. The van der Waals surface area contributed by atoms with Crippen LogP contribution in [0.3, 0.4) is 0 Å². The molecule has 26 heavy (non-hydrogen) atoms. The summed E-state index contributed by atoms with van der Waals surface area (Å²) in [6.45, 7) is 3.35. The second kappa shape index (κ2) is 6.85. The van der Waals surface area contributed by atoms with E-state index in [0.29, 0.717) is 24.2 Å². The molecule has 0 saturated heterocycles. The molecule has 0 aliphatic heterocycles. The van der Waals surface area contributed by atoms with Crippen molar-refractivity contribution in [1.82, 2.24) is 29.4 Å². The van der Waals surface area contributed by atoms with Gasteiger partial charge in [-0.3, -0.25) is 4.40 Å². The number of aryl methyl sites for hydroxylation is 1. The van der Waals surface area contributed by atoms with Gasteiger partial charge in [-0.05, 0) is 27.1 Å². The highest BCUT2D eigenvalue weighted by Gasteiger charge is 2.15. The van der Waals surface area contributed by atoms with Gasteiger partial charge in [0.1, 0.15) is 11.5 Å². The standard InChI is InChI=1S/C17H18N6O2S/c1-11-9-23-10-13(26-17(23)19-11)16-20-15(21-25-16)12-4-5-18-14(8-12)24-7-6-22(2)3/h4-5,8-10H,6-7H2,1-3H3. The molecule has 0 amide bonds. The number of likely N-dealkylation sites (N-methyl/N-ethyl adjacent to an activating group) is 1.